The van der Waals surface area contributed by atoms with Crippen LogP contribution in [0.5, 0.6) is 5.75 Å². The number of halogens is 1. The zero-order valence-corrected chi connectivity index (χ0v) is 13.2. The highest BCUT2D eigenvalue weighted by Crippen LogP contribution is 2.20. The van der Waals surface area contributed by atoms with Gasteiger partial charge in [-0.1, -0.05) is 42.8 Å². The fourth-order valence-corrected chi connectivity index (χ4v) is 2.07. The average molecular weight is 319 g/mol. The Morgan fingerprint density at radius 2 is 1.86 bits per heavy atom. The predicted octanol–water partition coefficient (Wildman–Crippen LogP) is 4.10. The molecular formula is C17H19ClN2O2. The smallest absolute Gasteiger partial charge is 0.319 e. The van der Waals surface area contributed by atoms with Gasteiger partial charge in [-0.25, -0.2) is 4.79 Å². The molecule has 0 bridgehead atoms. The molecule has 22 heavy (non-hydrogen) atoms. The molecule has 2 rings (SSSR count). The minimum Gasteiger partial charge on any atom is -0.492 e. The summed E-state index contributed by atoms with van der Waals surface area (Å²) in [6.07, 6.45) is 1.00. The first-order valence-electron chi connectivity index (χ1n) is 7.20. The van der Waals surface area contributed by atoms with Crippen LogP contribution in [-0.2, 0) is 6.42 Å². The average Bonchev–Trinajstić information content (AvgIpc) is 2.54. The standard InChI is InChI=1S/C17H19ClN2O2/c1-2-13-7-9-14(10-8-13)22-12-11-19-17(21)20-16-6-4-3-5-15(16)18/h3-10H,2,11-12H2,1H3,(H2,19,20,21). The summed E-state index contributed by atoms with van der Waals surface area (Å²) in [5.41, 5.74) is 1.85. The Kier molecular flexibility index (Phi) is 6.10. The van der Waals surface area contributed by atoms with E-state index in [1.807, 2.05) is 36.4 Å². The SMILES string of the molecule is CCc1ccc(OCCNC(=O)Nc2ccccc2Cl)cc1. The van der Waals surface area contributed by atoms with Gasteiger partial charge in [-0.3, -0.25) is 0 Å². The van der Waals surface area contributed by atoms with Gasteiger partial charge in [0.2, 0.25) is 0 Å². The number of rotatable bonds is 6. The minimum absolute atomic E-state index is 0.307. The van der Waals surface area contributed by atoms with E-state index >= 15 is 0 Å². The molecule has 2 N–H and O–H groups in total. The van der Waals surface area contributed by atoms with Gasteiger partial charge in [0.15, 0.2) is 0 Å². The number of amides is 2. The van der Waals surface area contributed by atoms with Crippen molar-refractivity contribution in [3.8, 4) is 5.75 Å². The number of hydrogen-bond acceptors (Lipinski definition) is 2. The molecule has 0 radical (unpaired) electrons. The fraction of sp³-hybridized carbons (Fsp3) is 0.235. The number of ether oxygens (including phenoxy) is 1. The third kappa shape index (κ3) is 4.97. The van der Waals surface area contributed by atoms with Crippen molar-refractivity contribution in [3.63, 3.8) is 0 Å². The Morgan fingerprint density at radius 3 is 2.55 bits per heavy atom. The number of carbonyl (C=O) groups is 1. The molecule has 0 aliphatic heterocycles. The molecule has 0 atom stereocenters. The summed E-state index contributed by atoms with van der Waals surface area (Å²) in [6.45, 7) is 2.92. The maximum atomic E-state index is 11.7. The van der Waals surface area contributed by atoms with Crippen molar-refractivity contribution in [2.45, 2.75) is 13.3 Å². The molecule has 5 heteroatoms. The van der Waals surface area contributed by atoms with Crippen molar-refractivity contribution >= 4 is 23.3 Å². The van der Waals surface area contributed by atoms with Crippen LogP contribution in [0.4, 0.5) is 10.5 Å². The van der Waals surface area contributed by atoms with Gasteiger partial charge >= 0.3 is 6.03 Å². The van der Waals surface area contributed by atoms with Gasteiger partial charge in [-0.2, -0.15) is 0 Å². The van der Waals surface area contributed by atoms with E-state index in [2.05, 4.69) is 17.6 Å². The van der Waals surface area contributed by atoms with Gasteiger partial charge in [0.05, 0.1) is 17.3 Å². The van der Waals surface area contributed by atoms with Crippen molar-refractivity contribution in [2.24, 2.45) is 0 Å². The van der Waals surface area contributed by atoms with Crippen molar-refractivity contribution in [3.05, 3.63) is 59.1 Å². The Balaban J connectivity index is 1.69. The third-order valence-electron chi connectivity index (χ3n) is 3.11. The van der Waals surface area contributed by atoms with Crippen LogP contribution in [0.2, 0.25) is 5.02 Å². The lowest BCUT2D eigenvalue weighted by Crippen LogP contribution is -2.32. The Morgan fingerprint density at radius 1 is 1.14 bits per heavy atom. The lowest BCUT2D eigenvalue weighted by atomic mass is 10.2. The van der Waals surface area contributed by atoms with Crippen LogP contribution in [0, 0.1) is 0 Å². The maximum absolute atomic E-state index is 11.7. The third-order valence-corrected chi connectivity index (χ3v) is 3.44. The molecule has 0 saturated heterocycles. The highest BCUT2D eigenvalue weighted by molar-refractivity contribution is 6.33. The quantitative estimate of drug-likeness (QED) is 0.788. The van der Waals surface area contributed by atoms with Crippen LogP contribution in [0.15, 0.2) is 48.5 Å². The number of aryl methyl sites for hydroxylation is 1. The second-order valence-electron chi connectivity index (χ2n) is 4.71. The van der Waals surface area contributed by atoms with Gasteiger partial charge in [0.25, 0.3) is 0 Å². The number of urea groups is 1. The molecule has 0 unspecified atom stereocenters. The van der Waals surface area contributed by atoms with Crippen LogP contribution in [0.25, 0.3) is 0 Å². The molecule has 0 aliphatic carbocycles. The van der Waals surface area contributed by atoms with E-state index in [1.165, 1.54) is 5.56 Å². The first-order valence-corrected chi connectivity index (χ1v) is 7.58. The number of hydrogen-bond donors (Lipinski definition) is 2. The molecule has 2 aromatic rings. The highest BCUT2D eigenvalue weighted by Gasteiger charge is 2.04. The molecule has 0 saturated carbocycles. The summed E-state index contributed by atoms with van der Waals surface area (Å²) < 4.78 is 5.56. The van der Waals surface area contributed by atoms with E-state index in [9.17, 15) is 4.79 Å². The summed E-state index contributed by atoms with van der Waals surface area (Å²) in [7, 11) is 0. The minimum atomic E-state index is -0.307. The van der Waals surface area contributed by atoms with Crippen molar-refractivity contribution in [2.75, 3.05) is 18.5 Å². The number of anilines is 1. The van der Waals surface area contributed by atoms with Crippen LogP contribution < -0.4 is 15.4 Å². The topological polar surface area (TPSA) is 50.4 Å². The highest BCUT2D eigenvalue weighted by atomic mass is 35.5. The summed E-state index contributed by atoms with van der Waals surface area (Å²) in [5, 5.41) is 5.91. The number of para-hydroxylation sites is 1. The van der Waals surface area contributed by atoms with Crippen LogP contribution in [-0.4, -0.2) is 19.2 Å². The lowest BCUT2D eigenvalue weighted by Gasteiger charge is -2.10. The molecule has 0 fully saturated rings. The monoisotopic (exact) mass is 318 g/mol. The Bertz CT molecular complexity index is 614. The zero-order chi connectivity index (χ0) is 15.8. The second kappa shape index (κ2) is 8.29. The molecule has 4 nitrogen and oxygen atoms in total. The largest absolute Gasteiger partial charge is 0.492 e. The van der Waals surface area contributed by atoms with Gasteiger partial charge in [0, 0.05) is 0 Å². The maximum Gasteiger partial charge on any atom is 0.319 e. The normalized spacial score (nSPS) is 10.1. The fourth-order valence-electron chi connectivity index (χ4n) is 1.88. The Hall–Kier alpha value is -2.20. The van der Waals surface area contributed by atoms with Gasteiger partial charge in [-0.15, -0.1) is 0 Å². The predicted molar refractivity (Wildman–Crippen MR) is 89.8 cm³/mol. The number of carbonyl (C=O) groups excluding carboxylic acids is 1. The number of benzene rings is 2. The van der Waals surface area contributed by atoms with E-state index in [4.69, 9.17) is 16.3 Å². The molecule has 2 amide bonds. The van der Waals surface area contributed by atoms with E-state index in [-0.39, 0.29) is 6.03 Å². The van der Waals surface area contributed by atoms with E-state index in [0.717, 1.165) is 12.2 Å². The van der Waals surface area contributed by atoms with E-state index in [0.29, 0.717) is 23.9 Å². The summed E-state index contributed by atoms with van der Waals surface area (Å²) in [4.78, 5) is 11.7. The molecule has 2 aromatic carbocycles. The van der Waals surface area contributed by atoms with Gasteiger partial charge < -0.3 is 15.4 Å². The molecule has 0 aromatic heterocycles. The van der Waals surface area contributed by atoms with Crippen molar-refractivity contribution in [1.29, 1.82) is 0 Å². The summed E-state index contributed by atoms with van der Waals surface area (Å²) in [5.74, 6) is 0.797. The van der Waals surface area contributed by atoms with Crippen molar-refractivity contribution < 1.29 is 9.53 Å². The first-order chi connectivity index (χ1) is 10.7. The summed E-state index contributed by atoms with van der Waals surface area (Å²) >= 11 is 5.97. The zero-order valence-electron chi connectivity index (χ0n) is 12.4. The van der Waals surface area contributed by atoms with Crippen molar-refractivity contribution in [1.82, 2.24) is 5.32 Å². The first kappa shape index (κ1) is 16.2. The molecule has 0 aliphatic rings. The van der Waals surface area contributed by atoms with Crippen LogP contribution in [0.3, 0.4) is 0 Å². The number of nitrogens with one attached hydrogen (secondary N) is 2. The van der Waals surface area contributed by atoms with E-state index < -0.39 is 0 Å². The summed E-state index contributed by atoms with van der Waals surface area (Å²) in [6, 6.07) is 14.7. The molecule has 0 heterocycles. The van der Waals surface area contributed by atoms with Gasteiger partial charge in [-0.05, 0) is 36.2 Å². The second-order valence-corrected chi connectivity index (χ2v) is 5.11. The van der Waals surface area contributed by atoms with Crippen LogP contribution >= 0.6 is 11.6 Å². The van der Waals surface area contributed by atoms with E-state index in [1.54, 1.807) is 12.1 Å². The van der Waals surface area contributed by atoms with Crippen LogP contribution in [0.1, 0.15) is 12.5 Å². The molecular weight excluding hydrogens is 300 g/mol. The Labute approximate surface area is 135 Å². The molecule has 116 valence electrons. The lowest BCUT2D eigenvalue weighted by molar-refractivity contribution is 0.247. The van der Waals surface area contributed by atoms with Gasteiger partial charge in [0.1, 0.15) is 12.4 Å². The molecule has 0 spiro atoms.